The van der Waals surface area contributed by atoms with Crippen LogP contribution >= 0.6 is 11.8 Å². The zero-order chi connectivity index (χ0) is 20.4. The molecule has 2 heterocycles. The van der Waals surface area contributed by atoms with E-state index in [2.05, 4.69) is 5.32 Å². The molecule has 29 heavy (non-hydrogen) atoms. The van der Waals surface area contributed by atoms with Gasteiger partial charge >= 0.3 is 0 Å². The zero-order valence-electron chi connectivity index (χ0n) is 16.0. The fourth-order valence-corrected chi connectivity index (χ4v) is 5.33. The lowest BCUT2D eigenvalue weighted by Gasteiger charge is -2.48. The number of amidine groups is 1. The molecule has 4 atom stereocenters. The summed E-state index contributed by atoms with van der Waals surface area (Å²) in [4.78, 5) is 17.4. The monoisotopic (exact) mass is 416 g/mol. The lowest BCUT2D eigenvalue weighted by molar-refractivity contribution is -0.0558. The molecular formula is C22H22F2N2O2S. The number of rotatable bonds is 3. The van der Waals surface area contributed by atoms with Gasteiger partial charge in [-0.3, -0.25) is 4.79 Å². The minimum atomic E-state index is -1.07. The van der Waals surface area contributed by atoms with Gasteiger partial charge in [-0.15, -0.1) is 0 Å². The van der Waals surface area contributed by atoms with E-state index in [0.29, 0.717) is 22.7 Å². The van der Waals surface area contributed by atoms with Crippen LogP contribution in [0.3, 0.4) is 0 Å². The molecule has 0 aromatic heterocycles. The Labute approximate surface area is 172 Å². The van der Waals surface area contributed by atoms with Crippen LogP contribution < -0.4 is 5.32 Å². The number of ether oxygens (including phenoxy) is 1. The molecule has 1 amide bonds. The summed E-state index contributed by atoms with van der Waals surface area (Å²) in [7, 11) is 0. The second-order valence-corrected chi connectivity index (χ2v) is 8.64. The molecular weight excluding hydrogens is 394 g/mol. The number of thioether (sulfide) groups is 1. The van der Waals surface area contributed by atoms with Gasteiger partial charge in [0.05, 0.1) is 12.7 Å². The molecule has 2 aromatic rings. The molecule has 4 rings (SSSR count). The van der Waals surface area contributed by atoms with Crippen molar-refractivity contribution in [2.24, 2.45) is 10.9 Å². The molecule has 4 nitrogen and oxygen atoms in total. The molecule has 1 fully saturated rings. The normalized spacial score (nSPS) is 28.9. The van der Waals surface area contributed by atoms with Gasteiger partial charge in [0.2, 0.25) is 0 Å². The first-order valence-corrected chi connectivity index (χ1v) is 10.5. The van der Waals surface area contributed by atoms with Crippen LogP contribution in [0.1, 0.15) is 29.3 Å². The van der Waals surface area contributed by atoms with Crippen molar-refractivity contribution in [2.75, 3.05) is 13.3 Å². The van der Waals surface area contributed by atoms with Crippen LogP contribution in [-0.2, 0) is 10.3 Å². The maximum atomic E-state index is 14.8. The molecule has 2 aliphatic heterocycles. The van der Waals surface area contributed by atoms with Gasteiger partial charge in [0.1, 0.15) is 18.0 Å². The molecule has 0 spiro atoms. The number of aliphatic imine (C=N–C) groups is 1. The maximum absolute atomic E-state index is 14.8. The van der Waals surface area contributed by atoms with E-state index in [0.717, 1.165) is 0 Å². The Hall–Kier alpha value is -2.25. The van der Waals surface area contributed by atoms with E-state index in [-0.39, 0.29) is 24.5 Å². The van der Waals surface area contributed by atoms with E-state index in [4.69, 9.17) is 9.73 Å². The molecule has 1 saturated heterocycles. The van der Waals surface area contributed by atoms with Gasteiger partial charge < -0.3 is 10.1 Å². The topological polar surface area (TPSA) is 50.7 Å². The minimum Gasteiger partial charge on any atom is -0.376 e. The number of fused-ring (bicyclic) bond motifs is 1. The summed E-state index contributed by atoms with van der Waals surface area (Å²) in [5.41, 5.74) is -0.218. The van der Waals surface area contributed by atoms with Crippen LogP contribution in [0.25, 0.3) is 0 Å². The van der Waals surface area contributed by atoms with E-state index in [9.17, 15) is 13.6 Å². The third-order valence-corrected chi connectivity index (χ3v) is 6.72. The van der Waals surface area contributed by atoms with E-state index in [1.165, 1.54) is 17.8 Å². The van der Waals surface area contributed by atoms with Gasteiger partial charge in [0.15, 0.2) is 5.17 Å². The quantitative estimate of drug-likeness (QED) is 0.811. The molecule has 2 aromatic carbocycles. The smallest absolute Gasteiger partial charge is 0.257 e. The summed E-state index contributed by atoms with van der Waals surface area (Å²) >= 11 is 1.21. The molecule has 0 radical (unpaired) electrons. The van der Waals surface area contributed by atoms with E-state index in [1.807, 2.05) is 13.0 Å². The van der Waals surface area contributed by atoms with Gasteiger partial charge in [-0.2, -0.15) is 0 Å². The number of halogens is 2. The van der Waals surface area contributed by atoms with Gasteiger partial charge in [0, 0.05) is 22.3 Å². The number of amides is 1. The van der Waals surface area contributed by atoms with Crippen molar-refractivity contribution in [1.29, 1.82) is 0 Å². The number of carbonyl (C=O) groups is 1. The SMILES string of the molecule is CC1CC2C(CF)SC(NC(=O)c3ccccc3)=NC2(c2ccccc2F)CO1. The average Bonchev–Trinajstić information content (AvgIpc) is 2.74. The average molecular weight is 416 g/mol. The van der Waals surface area contributed by atoms with Gasteiger partial charge in [-0.1, -0.05) is 48.2 Å². The summed E-state index contributed by atoms with van der Waals surface area (Å²) < 4.78 is 34.8. The molecule has 4 unspecified atom stereocenters. The molecule has 0 bridgehead atoms. The second kappa shape index (κ2) is 8.24. The van der Waals surface area contributed by atoms with Crippen molar-refractivity contribution in [3.63, 3.8) is 0 Å². The predicted octanol–water partition coefficient (Wildman–Crippen LogP) is 4.32. The van der Waals surface area contributed by atoms with E-state index >= 15 is 0 Å². The first-order chi connectivity index (χ1) is 14.0. The van der Waals surface area contributed by atoms with Crippen LogP contribution in [0.5, 0.6) is 0 Å². The molecule has 2 aliphatic rings. The van der Waals surface area contributed by atoms with Crippen molar-refractivity contribution in [2.45, 2.75) is 30.2 Å². The van der Waals surface area contributed by atoms with Gasteiger partial charge in [-0.25, -0.2) is 13.8 Å². The number of benzene rings is 2. The third-order valence-electron chi connectivity index (χ3n) is 5.55. The molecule has 152 valence electrons. The molecule has 0 saturated carbocycles. The Kier molecular flexibility index (Phi) is 5.69. The van der Waals surface area contributed by atoms with Crippen molar-refractivity contribution in [3.8, 4) is 0 Å². The van der Waals surface area contributed by atoms with Crippen molar-refractivity contribution in [1.82, 2.24) is 5.32 Å². The van der Waals surface area contributed by atoms with Crippen LogP contribution in [0.4, 0.5) is 8.78 Å². The summed E-state index contributed by atoms with van der Waals surface area (Å²) in [5, 5.41) is 2.62. The number of carbonyl (C=O) groups excluding carboxylic acids is 1. The number of nitrogens with one attached hydrogen (secondary N) is 1. The highest BCUT2D eigenvalue weighted by molar-refractivity contribution is 8.14. The second-order valence-electron chi connectivity index (χ2n) is 7.42. The minimum absolute atomic E-state index is 0.0646. The highest BCUT2D eigenvalue weighted by Crippen LogP contribution is 2.50. The zero-order valence-corrected chi connectivity index (χ0v) is 16.8. The first kappa shape index (κ1) is 20.0. The molecule has 1 N–H and O–H groups in total. The number of hydrogen-bond acceptors (Lipinski definition) is 4. The van der Waals surface area contributed by atoms with Crippen molar-refractivity contribution < 1.29 is 18.3 Å². The summed E-state index contributed by atoms with van der Waals surface area (Å²) in [6.07, 6.45) is 0.504. The number of hydrogen-bond donors (Lipinski definition) is 1. The Balaban J connectivity index is 1.76. The molecule has 7 heteroatoms. The Bertz CT molecular complexity index is 924. The van der Waals surface area contributed by atoms with Crippen LogP contribution in [0, 0.1) is 11.7 Å². The summed E-state index contributed by atoms with van der Waals surface area (Å²) in [6, 6.07) is 15.1. The highest BCUT2D eigenvalue weighted by atomic mass is 32.2. The van der Waals surface area contributed by atoms with Crippen LogP contribution in [-0.4, -0.2) is 35.7 Å². The third kappa shape index (κ3) is 3.81. The Morgan fingerprint density at radius 2 is 1.97 bits per heavy atom. The summed E-state index contributed by atoms with van der Waals surface area (Å²) in [5.74, 6) is -0.977. The molecule has 0 aliphatic carbocycles. The number of nitrogens with zero attached hydrogens (tertiary/aromatic N) is 1. The highest BCUT2D eigenvalue weighted by Gasteiger charge is 2.53. The number of alkyl halides is 1. The van der Waals surface area contributed by atoms with Crippen molar-refractivity contribution >= 4 is 22.8 Å². The lowest BCUT2D eigenvalue weighted by Crippen LogP contribution is -2.54. The maximum Gasteiger partial charge on any atom is 0.257 e. The summed E-state index contributed by atoms with van der Waals surface area (Å²) in [6.45, 7) is 1.47. The fraction of sp³-hybridized carbons (Fsp3) is 0.364. The first-order valence-electron chi connectivity index (χ1n) is 9.59. The van der Waals surface area contributed by atoms with Crippen molar-refractivity contribution in [3.05, 3.63) is 71.5 Å². The van der Waals surface area contributed by atoms with E-state index in [1.54, 1.807) is 42.5 Å². The van der Waals surface area contributed by atoms with Crippen LogP contribution in [0.15, 0.2) is 59.6 Å². The van der Waals surface area contributed by atoms with E-state index < -0.39 is 23.3 Å². The predicted molar refractivity (Wildman–Crippen MR) is 110 cm³/mol. The lowest BCUT2D eigenvalue weighted by atomic mass is 9.72. The standard InChI is InChI=1S/C22H22F2N2O2S/c1-14-11-17-19(12-23)29-21(25-20(27)15-7-3-2-4-8-15)26-22(17,13-28-14)16-9-5-6-10-18(16)24/h2-10,14,17,19H,11-13H2,1H3,(H,25,26,27). The van der Waals surface area contributed by atoms with Gasteiger partial charge in [0.25, 0.3) is 5.91 Å². The Morgan fingerprint density at radius 1 is 1.24 bits per heavy atom. The Morgan fingerprint density at radius 3 is 2.69 bits per heavy atom. The fourth-order valence-electron chi connectivity index (χ4n) is 4.11. The van der Waals surface area contributed by atoms with Crippen LogP contribution in [0.2, 0.25) is 0 Å². The largest absolute Gasteiger partial charge is 0.376 e. The van der Waals surface area contributed by atoms with Gasteiger partial charge in [-0.05, 0) is 31.5 Å².